The Morgan fingerprint density at radius 3 is 1.97 bits per heavy atom. The number of rotatable bonds is 3. The van der Waals surface area contributed by atoms with Crippen LogP contribution in [0.4, 0.5) is 0 Å². The lowest BCUT2D eigenvalue weighted by molar-refractivity contribution is 1.36. The number of aryl methyl sites for hydroxylation is 2. The van der Waals surface area contributed by atoms with Gasteiger partial charge in [-0.2, -0.15) is 0 Å². The minimum Gasteiger partial charge on any atom is -0.248 e. The van der Waals surface area contributed by atoms with E-state index in [4.69, 9.17) is 4.98 Å². The lowest BCUT2D eigenvalue weighted by Crippen LogP contribution is -1.93. The molecule has 0 saturated carbocycles. The molecule has 0 fully saturated rings. The van der Waals surface area contributed by atoms with Crippen molar-refractivity contribution >= 4 is 10.9 Å². The Kier molecular flexibility index (Phi) is 4.65. The zero-order chi connectivity index (χ0) is 20.5. The summed E-state index contributed by atoms with van der Waals surface area (Å²) in [4.78, 5) is 5.03. The van der Waals surface area contributed by atoms with E-state index in [1.807, 2.05) is 0 Å². The van der Waals surface area contributed by atoms with Crippen LogP contribution in [0, 0.1) is 13.8 Å². The van der Waals surface area contributed by atoms with Crippen molar-refractivity contribution in [1.29, 1.82) is 0 Å². The topological polar surface area (TPSA) is 12.9 Å². The van der Waals surface area contributed by atoms with Gasteiger partial charge in [0.1, 0.15) is 0 Å². The van der Waals surface area contributed by atoms with Gasteiger partial charge < -0.3 is 0 Å². The SMILES string of the molecule is Cc1cccc(C)c1-c1cc(-c2cccc(-c3ccccc3)c2)nc2ccccc12. The Morgan fingerprint density at radius 2 is 1.17 bits per heavy atom. The van der Waals surface area contributed by atoms with Gasteiger partial charge in [-0.05, 0) is 65.4 Å². The Labute approximate surface area is 177 Å². The van der Waals surface area contributed by atoms with Crippen LogP contribution in [-0.4, -0.2) is 4.98 Å². The molecule has 1 heteroatoms. The maximum Gasteiger partial charge on any atom is 0.0716 e. The van der Waals surface area contributed by atoms with Gasteiger partial charge in [0.2, 0.25) is 0 Å². The van der Waals surface area contributed by atoms with Crippen molar-refractivity contribution < 1.29 is 0 Å². The highest BCUT2D eigenvalue weighted by Gasteiger charge is 2.13. The van der Waals surface area contributed by atoms with E-state index >= 15 is 0 Å². The van der Waals surface area contributed by atoms with Crippen molar-refractivity contribution in [2.75, 3.05) is 0 Å². The fraction of sp³-hybridized carbons (Fsp3) is 0.0690. The maximum absolute atomic E-state index is 5.03. The van der Waals surface area contributed by atoms with Gasteiger partial charge in [-0.3, -0.25) is 0 Å². The molecule has 1 nitrogen and oxygen atoms in total. The highest BCUT2D eigenvalue weighted by atomic mass is 14.7. The van der Waals surface area contributed by atoms with Crippen LogP contribution < -0.4 is 0 Å². The predicted octanol–water partition coefficient (Wildman–Crippen LogP) is 7.85. The summed E-state index contributed by atoms with van der Waals surface area (Å²) in [7, 11) is 0. The molecule has 4 aromatic carbocycles. The fourth-order valence-corrected chi connectivity index (χ4v) is 4.26. The number of fused-ring (bicyclic) bond motifs is 1. The van der Waals surface area contributed by atoms with Gasteiger partial charge >= 0.3 is 0 Å². The minimum atomic E-state index is 1.00. The number of hydrogen-bond acceptors (Lipinski definition) is 1. The summed E-state index contributed by atoms with van der Waals surface area (Å²) in [5.41, 5.74) is 10.7. The predicted molar refractivity (Wildman–Crippen MR) is 128 cm³/mol. The molecule has 0 aliphatic heterocycles. The second kappa shape index (κ2) is 7.61. The van der Waals surface area contributed by atoms with Gasteiger partial charge in [-0.15, -0.1) is 0 Å². The van der Waals surface area contributed by atoms with Crippen LogP contribution in [0.2, 0.25) is 0 Å². The van der Waals surface area contributed by atoms with Crippen molar-refractivity contribution in [1.82, 2.24) is 4.98 Å². The van der Waals surface area contributed by atoms with Crippen LogP contribution in [0.3, 0.4) is 0 Å². The zero-order valence-electron chi connectivity index (χ0n) is 17.3. The van der Waals surface area contributed by atoms with Crippen molar-refractivity contribution in [3.8, 4) is 33.5 Å². The molecular weight excluding hydrogens is 362 g/mol. The number of aromatic nitrogens is 1. The molecule has 0 N–H and O–H groups in total. The van der Waals surface area contributed by atoms with Gasteiger partial charge in [-0.25, -0.2) is 4.98 Å². The van der Waals surface area contributed by atoms with Gasteiger partial charge in [0, 0.05) is 10.9 Å². The number of nitrogens with zero attached hydrogens (tertiary/aromatic N) is 1. The van der Waals surface area contributed by atoms with Crippen LogP contribution in [0.15, 0.2) is 103 Å². The van der Waals surface area contributed by atoms with Crippen LogP contribution in [0.5, 0.6) is 0 Å². The van der Waals surface area contributed by atoms with Crippen molar-refractivity contribution in [2.24, 2.45) is 0 Å². The molecule has 1 aromatic heterocycles. The number of pyridine rings is 1. The van der Waals surface area contributed by atoms with E-state index < -0.39 is 0 Å². The van der Waals surface area contributed by atoms with Gasteiger partial charge in [0.15, 0.2) is 0 Å². The first kappa shape index (κ1) is 18.3. The Balaban J connectivity index is 1.74. The van der Waals surface area contributed by atoms with Crippen molar-refractivity contribution in [3.63, 3.8) is 0 Å². The van der Waals surface area contributed by atoms with Gasteiger partial charge in [0.25, 0.3) is 0 Å². The number of hydrogen-bond donors (Lipinski definition) is 0. The summed E-state index contributed by atoms with van der Waals surface area (Å²) in [5.74, 6) is 0. The lowest BCUT2D eigenvalue weighted by Gasteiger charge is -2.15. The lowest BCUT2D eigenvalue weighted by atomic mass is 9.91. The molecule has 0 spiro atoms. The quantitative estimate of drug-likeness (QED) is 0.308. The molecule has 0 amide bonds. The molecule has 0 radical (unpaired) electrons. The average molecular weight is 386 g/mol. The molecule has 1 heterocycles. The summed E-state index contributed by atoms with van der Waals surface area (Å²) in [6, 6.07) is 36.4. The molecular formula is C29H23N. The monoisotopic (exact) mass is 385 g/mol. The summed E-state index contributed by atoms with van der Waals surface area (Å²) in [6.45, 7) is 4.38. The molecule has 0 bridgehead atoms. The van der Waals surface area contributed by atoms with Crippen LogP contribution in [-0.2, 0) is 0 Å². The number of benzene rings is 4. The average Bonchev–Trinajstić information content (AvgIpc) is 2.79. The van der Waals surface area contributed by atoms with Crippen molar-refractivity contribution in [2.45, 2.75) is 13.8 Å². The molecule has 0 atom stereocenters. The third-order valence-corrected chi connectivity index (χ3v) is 5.73. The second-order valence-electron chi connectivity index (χ2n) is 7.79. The zero-order valence-corrected chi connectivity index (χ0v) is 17.3. The highest BCUT2D eigenvalue weighted by molar-refractivity contribution is 5.98. The largest absolute Gasteiger partial charge is 0.248 e. The first-order chi connectivity index (χ1) is 14.7. The summed E-state index contributed by atoms with van der Waals surface area (Å²) < 4.78 is 0. The molecule has 30 heavy (non-hydrogen) atoms. The summed E-state index contributed by atoms with van der Waals surface area (Å²) in [6.07, 6.45) is 0. The first-order valence-electron chi connectivity index (χ1n) is 10.3. The first-order valence-corrected chi connectivity index (χ1v) is 10.3. The van der Waals surface area contributed by atoms with E-state index in [2.05, 4.69) is 117 Å². The van der Waals surface area contributed by atoms with E-state index in [0.29, 0.717) is 0 Å². The standard InChI is InChI=1S/C29H23N/c1-20-10-8-11-21(2)29(20)26-19-28(30-27-17-7-6-16-25(26)27)24-15-9-14-23(18-24)22-12-4-3-5-13-22/h3-19H,1-2H3. The maximum atomic E-state index is 5.03. The van der Waals surface area contributed by atoms with E-state index in [1.54, 1.807) is 0 Å². The van der Waals surface area contributed by atoms with Crippen LogP contribution in [0.1, 0.15) is 11.1 Å². The van der Waals surface area contributed by atoms with E-state index in [0.717, 1.165) is 16.8 Å². The highest BCUT2D eigenvalue weighted by Crippen LogP contribution is 2.36. The second-order valence-corrected chi connectivity index (χ2v) is 7.79. The van der Waals surface area contributed by atoms with Gasteiger partial charge in [-0.1, -0.05) is 84.9 Å². The molecule has 5 aromatic rings. The van der Waals surface area contributed by atoms with E-state index in [1.165, 1.54) is 38.8 Å². The Hall–Kier alpha value is -3.71. The number of para-hydroxylation sites is 1. The van der Waals surface area contributed by atoms with Crippen LogP contribution >= 0.6 is 0 Å². The fourth-order valence-electron chi connectivity index (χ4n) is 4.26. The molecule has 0 saturated heterocycles. The van der Waals surface area contributed by atoms with Crippen LogP contribution in [0.25, 0.3) is 44.4 Å². The van der Waals surface area contributed by atoms with E-state index in [9.17, 15) is 0 Å². The smallest absolute Gasteiger partial charge is 0.0716 e. The molecule has 144 valence electrons. The molecule has 0 aliphatic carbocycles. The Morgan fingerprint density at radius 1 is 0.533 bits per heavy atom. The van der Waals surface area contributed by atoms with Crippen molar-refractivity contribution in [3.05, 3.63) is 114 Å². The minimum absolute atomic E-state index is 1.00. The summed E-state index contributed by atoms with van der Waals surface area (Å²) >= 11 is 0. The normalized spacial score (nSPS) is 11.0. The molecule has 0 aliphatic rings. The third kappa shape index (κ3) is 3.29. The Bertz CT molecular complexity index is 1330. The van der Waals surface area contributed by atoms with E-state index in [-0.39, 0.29) is 0 Å². The third-order valence-electron chi connectivity index (χ3n) is 5.73. The van der Waals surface area contributed by atoms with Gasteiger partial charge in [0.05, 0.1) is 11.2 Å². The molecule has 5 rings (SSSR count). The summed E-state index contributed by atoms with van der Waals surface area (Å²) in [5, 5.41) is 1.19. The molecule has 0 unspecified atom stereocenters.